The van der Waals surface area contributed by atoms with Gasteiger partial charge in [-0.15, -0.1) is 0 Å². The lowest BCUT2D eigenvalue weighted by molar-refractivity contribution is 0.0372. The summed E-state index contributed by atoms with van der Waals surface area (Å²) in [4.78, 5) is 26.1. The lowest BCUT2D eigenvalue weighted by Gasteiger charge is -2.26. The van der Waals surface area contributed by atoms with Crippen LogP contribution in [0.15, 0.2) is 12.1 Å². The van der Waals surface area contributed by atoms with Gasteiger partial charge in [-0.25, -0.2) is 18.4 Å². The molecule has 33 heavy (non-hydrogen) atoms. The zero-order chi connectivity index (χ0) is 23.8. The summed E-state index contributed by atoms with van der Waals surface area (Å²) in [6, 6.07) is 1.08. The molecule has 1 aliphatic heterocycles. The van der Waals surface area contributed by atoms with Gasteiger partial charge in [0.25, 0.3) is 0 Å². The van der Waals surface area contributed by atoms with Gasteiger partial charge in [0.2, 0.25) is 5.88 Å². The number of carbonyl (C=O) groups is 2. The number of anilines is 1. The van der Waals surface area contributed by atoms with Crippen LogP contribution in [0.4, 0.5) is 18.6 Å². The number of benzene rings is 1. The number of carboxylic acid groups (broad SMARTS) is 1. The number of carboxylic acids is 1. The third kappa shape index (κ3) is 7.22. The number of unbranched alkanes of at least 4 members (excludes halogenated alkanes) is 1. The Labute approximate surface area is 197 Å². The molecule has 2 heterocycles. The zero-order valence-electron chi connectivity index (χ0n) is 17.5. The van der Waals surface area contributed by atoms with Gasteiger partial charge in [0.1, 0.15) is 23.2 Å². The van der Waals surface area contributed by atoms with E-state index in [-0.39, 0.29) is 27.0 Å². The van der Waals surface area contributed by atoms with Gasteiger partial charge in [-0.3, -0.25) is 10.2 Å². The summed E-state index contributed by atoms with van der Waals surface area (Å²) in [5.74, 6) is -3.34. The van der Waals surface area contributed by atoms with Crippen molar-refractivity contribution < 1.29 is 33.0 Å². The van der Waals surface area contributed by atoms with Crippen LogP contribution in [0.25, 0.3) is 0 Å². The molecule has 1 aliphatic rings. The van der Waals surface area contributed by atoms with E-state index in [4.69, 9.17) is 21.1 Å². The molecule has 9 nitrogen and oxygen atoms in total. The Morgan fingerprint density at radius 1 is 1.24 bits per heavy atom. The molecule has 180 valence electrons. The van der Waals surface area contributed by atoms with Gasteiger partial charge in [0.05, 0.1) is 18.2 Å². The van der Waals surface area contributed by atoms with E-state index in [0.29, 0.717) is 18.1 Å². The van der Waals surface area contributed by atoms with E-state index in [2.05, 4.69) is 19.9 Å². The molecule has 3 N–H and O–H groups in total. The van der Waals surface area contributed by atoms with E-state index in [1.54, 1.807) is 0 Å². The van der Waals surface area contributed by atoms with Crippen molar-refractivity contribution in [1.29, 1.82) is 0 Å². The van der Waals surface area contributed by atoms with E-state index in [9.17, 15) is 23.5 Å². The highest BCUT2D eigenvalue weighted by Gasteiger charge is 2.24. The molecule has 2 amide bonds. The maximum absolute atomic E-state index is 13.9. The summed E-state index contributed by atoms with van der Waals surface area (Å²) in [5, 5.41) is 14.2. The number of aromatic nitrogens is 1. The van der Waals surface area contributed by atoms with Crippen LogP contribution in [0, 0.1) is 11.6 Å². The number of hydrogen-bond acceptors (Lipinski definition) is 7. The van der Waals surface area contributed by atoms with Crippen molar-refractivity contribution in [3.05, 3.63) is 39.9 Å². The molecular formula is C20H23ClF2N4O5S. The smallest absolute Gasteiger partial charge is 0.344 e. The number of urea groups is 1. The van der Waals surface area contributed by atoms with Crippen LogP contribution in [0.1, 0.15) is 28.8 Å². The van der Waals surface area contributed by atoms with E-state index >= 15 is 0 Å². The minimum absolute atomic E-state index is 0.0360. The van der Waals surface area contributed by atoms with Gasteiger partial charge >= 0.3 is 12.0 Å². The second-order valence-corrected chi connectivity index (χ2v) is 8.37. The van der Waals surface area contributed by atoms with Gasteiger partial charge in [0.15, 0.2) is 5.56 Å². The summed E-state index contributed by atoms with van der Waals surface area (Å²) in [7, 11) is 0. The maximum Gasteiger partial charge on any atom is 0.344 e. The van der Waals surface area contributed by atoms with E-state index in [0.717, 1.165) is 57.8 Å². The largest absolute Gasteiger partial charge is 0.477 e. The molecule has 0 unspecified atom stereocenters. The summed E-state index contributed by atoms with van der Waals surface area (Å²) in [6.45, 7) is 4.14. The molecule has 0 radical (unpaired) electrons. The number of rotatable bonds is 10. The number of morpholine rings is 1. The van der Waals surface area contributed by atoms with Crippen LogP contribution in [-0.2, 0) is 11.3 Å². The van der Waals surface area contributed by atoms with Crippen molar-refractivity contribution in [2.24, 2.45) is 0 Å². The number of nitrogens with zero attached hydrogens (tertiary/aromatic N) is 2. The van der Waals surface area contributed by atoms with Crippen molar-refractivity contribution in [2.45, 2.75) is 19.4 Å². The first-order valence-corrected chi connectivity index (χ1v) is 11.3. The Bertz CT molecular complexity index is 988. The minimum atomic E-state index is -1.39. The normalized spacial score (nSPS) is 14.2. The fourth-order valence-electron chi connectivity index (χ4n) is 3.10. The van der Waals surface area contributed by atoms with E-state index < -0.39 is 30.2 Å². The SMILES string of the molecule is O=C(NCCCCN1CCOCC1)Nc1snc(OCc2cc(F)c(Cl)cc2F)c1C(=O)O. The van der Waals surface area contributed by atoms with Crippen molar-refractivity contribution in [2.75, 3.05) is 44.7 Å². The van der Waals surface area contributed by atoms with Gasteiger partial charge in [-0.2, -0.15) is 4.37 Å². The van der Waals surface area contributed by atoms with Crippen molar-refractivity contribution in [1.82, 2.24) is 14.6 Å². The molecule has 0 aliphatic carbocycles. The standard InChI is InChI=1S/C20H23ClF2N4O5S/c21-13-10-14(22)12(9-15(13)23)11-32-17-16(19(28)29)18(33-26-17)25-20(30)24-3-1-2-4-27-5-7-31-8-6-27/h9-10H,1-8,11H2,(H,28,29)(H2,24,25,30). The van der Waals surface area contributed by atoms with Gasteiger partial charge in [-0.05, 0) is 43.1 Å². The molecule has 0 saturated carbocycles. The molecule has 0 atom stereocenters. The number of aromatic carboxylic acids is 1. The molecule has 1 aromatic heterocycles. The topological polar surface area (TPSA) is 113 Å². The molecule has 13 heteroatoms. The summed E-state index contributed by atoms with van der Waals surface area (Å²) in [5.41, 5.74) is -0.539. The number of carbonyl (C=O) groups excluding carboxylic acids is 1. The first kappa shape index (κ1) is 25.1. The maximum atomic E-state index is 13.9. The molecular weight excluding hydrogens is 482 g/mol. The lowest BCUT2D eigenvalue weighted by Crippen LogP contribution is -2.37. The lowest BCUT2D eigenvalue weighted by atomic mass is 10.2. The van der Waals surface area contributed by atoms with Crippen LogP contribution in [0.2, 0.25) is 5.02 Å². The third-order valence-corrected chi connectivity index (χ3v) is 5.88. The Morgan fingerprint density at radius 3 is 2.73 bits per heavy atom. The fraction of sp³-hybridized carbons (Fsp3) is 0.450. The fourth-order valence-corrected chi connectivity index (χ4v) is 3.98. The average Bonchev–Trinajstić information content (AvgIpc) is 3.18. The molecule has 1 saturated heterocycles. The first-order chi connectivity index (χ1) is 15.8. The molecule has 1 fully saturated rings. The summed E-state index contributed by atoms with van der Waals surface area (Å²) >= 11 is 6.22. The Balaban J connectivity index is 1.49. The Morgan fingerprint density at radius 2 is 2.00 bits per heavy atom. The second kappa shape index (κ2) is 12.1. The highest BCUT2D eigenvalue weighted by atomic mass is 35.5. The molecule has 3 rings (SSSR count). The Kier molecular flexibility index (Phi) is 9.18. The van der Waals surface area contributed by atoms with Crippen LogP contribution in [0.5, 0.6) is 5.88 Å². The number of hydrogen-bond donors (Lipinski definition) is 3. The monoisotopic (exact) mass is 504 g/mol. The van der Waals surface area contributed by atoms with Crippen molar-refractivity contribution >= 4 is 40.1 Å². The van der Waals surface area contributed by atoms with Crippen molar-refractivity contribution in [3.8, 4) is 5.88 Å². The van der Waals surface area contributed by atoms with Crippen LogP contribution in [0.3, 0.4) is 0 Å². The molecule has 0 spiro atoms. The van der Waals surface area contributed by atoms with Crippen LogP contribution >= 0.6 is 23.1 Å². The summed E-state index contributed by atoms with van der Waals surface area (Å²) in [6.07, 6.45) is 1.66. The summed E-state index contributed by atoms with van der Waals surface area (Å²) < 4.78 is 41.9. The third-order valence-electron chi connectivity index (χ3n) is 4.85. The van der Waals surface area contributed by atoms with Gasteiger partial charge in [-0.1, -0.05) is 11.6 Å². The van der Waals surface area contributed by atoms with Gasteiger partial charge < -0.3 is 19.9 Å². The average molecular weight is 505 g/mol. The van der Waals surface area contributed by atoms with Gasteiger partial charge in [0, 0.05) is 25.2 Å². The minimum Gasteiger partial charge on any atom is -0.477 e. The first-order valence-electron chi connectivity index (χ1n) is 10.2. The quantitative estimate of drug-likeness (QED) is 0.335. The number of amides is 2. The predicted octanol–water partition coefficient (Wildman–Crippen LogP) is 3.59. The predicted molar refractivity (Wildman–Crippen MR) is 118 cm³/mol. The second-order valence-electron chi connectivity index (χ2n) is 7.19. The highest BCUT2D eigenvalue weighted by Crippen LogP contribution is 2.31. The number of ether oxygens (including phenoxy) is 2. The van der Waals surface area contributed by atoms with Crippen LogP contribution in [-0.4, -0.2) is 65.8 Å². The molecule has 2 aromatic rings. The number of nitrogens with one attached hydrogen (secondary N) is 2. The molecule has 0 bridgehead atoms. The van der Waals surface area contributed by atoms with E-state index in [1.165, 1.54) is 0 Å². The zero-order valence-corrected chi connectivity index (χ0v) is 19.1. The number of halogens is 3. The Hall–Kier alpha value is -2.54. The van der Waals surface area contributed by atoms with Crippen molar-refractivity contribution in [3.63, 3.8) is 0 Å². The molecule has 1 aromatic carbocycles. The van der Waals surface area contributed by atoms with Crippen LogP contribution < -0.4 is 15.4 Å². The van der Waals surface area contributed by atoms with E-state index in [1.807, 2.05) is 0 Å². The highest BCUT2D eigenvalue weighted by molar-refractivity contribution is 7.11.